The molecule has 0 aliphatic carbocycles. The van der Waals surface area contributed by atoms with Crippen LogP contribution in [0.4, 0.5) is 5.69 Å². The van der Waals surface area contributed by atoms with E-state index < -0.39 is 25.6 Å². The fourth-order valence-corrected chi connectivity index (χ4v) is 6.56. The molecule has 3 rings (SSSR count). The second-order valence-corrected chi connectivity index (χ2v) is 13.7. The van der Waals surface area contributed by atoms with Crippen molar-refractivity contribution in [2.75, 3.05) is 24.2 Å². The van der Waals surface area contributed by atoms with Gasteiger partial charge in [-0.3, -0.25) is 4.72 Å². The number of benzene rings is 3. The maximum absolute atomic E-state index is 13.0. The number of rotatable bonds is 12. The smallest absolute Gasteiger partial charge is 0.243 e. The normalized spacial score (nSPS) is 12.2. The number of methoxy groups -OCH3 is 1. The van der Waals surface area contributed by atoms with Gasteiger partial charge in [0.25, 0.3) is 0 Å². The van der Waals surface area contributed by atoms with Crippen molar-refractivity contribution in [3.63, 3.8) is 0 Å². The molecule has 3 aromatic rings. The summed E-state index contributed by atoms with van der Waals surface area (Å²) in [5.41, 5.74) is 0.986. The van der Waals surface area contributed by atoms with Crippen LogP contribution in [-0.2, 0) is 32.9 Å². The Balaban J connectivity index is 1.69. The molecule has 0 unspecified atom stereocenters. The van der Waals surface area contributed by atoms with E-state index >= 15 is 0 Å². The zero-order valence-electron chi connectivity index (χ0n) is 21.8. The van der Waals surface area contributed by atoms with E-state index in [-0.39, 0.29) is 22.8 Å². The highest BCUT2D eigenvalue weighted by Gasteiger charge is 2.26. The molecule has 0 heterocycles. The molecule has 206 valence electrons. The molecular weight excluding hydrogens is 548 g/mol. The van der Waals surface area contributed by atoms with Crippen LogP contribution in [0, 0.1) is 0 Å². The number of hydrogen-bond acceptors (Lipinski definition) is 6. The number of sulfonamides is 2. The molecule has 0 aliphatic rings. The van der Waals surface area contributed by atoms with E-state index in [1.54, 1.807) is 52.1 Å². The number of ether oxygens (including phenoxy) is 2. The number of halogens is 1. The number of aryl methyl sites for hydroxylation is 1. The van der Waals surface area contributed by atoms with Gasteiger partial charge in [-0.05, 0) is 74.7 Å². The van der Waals surface area contributed by atoms with Crippen molar-refractivity contribution in [1.82, 2.24) is 4.72 Å². The summed E-state index contributed by atoms with van der Waals surface area (Å²) in [6.07, 6.45) is 0.781. The van der Waals surface area contributed by atoms with Crippen molar-refractivity contribution >= 4 is 37.3 Å². The first-order valence-corrected chi connectivity index (χ1v) is 15.5. The summed E-state index contributed by atoms with van der Waals surface area (Å²) in [7, 11) is -6.24. The summed E-state index contributed by atoms with van der Waals surface area (Å²) in [4.78, 5) is -0.146. The monoisotopic (exact) mass is 580 g/mol. The first-order valence-electron chi connectivity index (χ1n) is 12.0. The fraction of sp³-hybridized carbons (Fsp3) is 0.333. The minimum Gasteiger partial charge on any atom is -0.497 e. The van der Waals surface area contributed by atoms with Gasteiger partial charge in [0, 0.05) is 17.0 Å². The average molecular weight is 581 g/mol. The van der Waals surface area contributed by atoms with Gasteiger partial charge >= 0.3 is 0 Å². The topological polar surface area (TPSA) is 111 Å². The van der Waals surface area contributed by atoms with Crippen molar-refractivity contribution in [2.45, 2.75) is 44.0 Å². The first-order chi connectivity index (χ1) is 17.8. The van der Waals surface area contributed by atoms with Crippen LogP contribution in [0.15, 0.2) is 71.6 Å². The summed E-state index contributed by atoms with van der Waals surface area (Å²) in [5, 5.41) is 0.472. The van der Waals surface area contributed by atoms with Gasteiger partial charge in [-0.1, -0.05) is 41.9 Å². The molecule has 0 aliphatic heterocycles. The molecule has 3 aromatic carbocycles. The maximum Gasteiger partial charge on any atom is 0.243 e. The van der Waals surface area contributed by atoms with Crippen molar-refractivity contribution < 1.29 is 26.3 Å². The van der Waals surface area contributed by atoms with Crippen LogP contribution in [-0.4, -0.2) is 41.8 Å². The third kappa shape index (κ3) is 8.90. The highest BCUT2D eigenvalue weighted by Crippen LogP contribution is 2.26. The molecule has 0 fully saturated rings. The second-order valence-electron chi connectivity index (χ2n) is 9.72. The van der Waals surface area contributed by atoms with Crippen LogP contribution >= 0.6 is 11.6 Å². The van der Waals surface area contributed by atoms with Gasteiger partial charge in [0.15, 0.2) is 0 Å². The Morgan fingerprint density at radius 2 is 1.58 bits per heavy atom. The Morgan fingerprint density at radius 3 is 2.24 bits per heavy atom. The highest BCUT2D eigenvalue weighted by atomic mass is 35.5. The van der Waals surface area contributed by atoms with Crippen LogP contribution < -0.4 is 18.9 Å². The molecule has 8 nitrogen and oxygen atoms in total. The first kappa shape index (κ1) is 29.8. The molecule has 11 heteroatoms. The molecular formula is C27H33ClN2O6S2. The highest BCUT2D eigenvalue weighted by molar-refractivity contribution is 7.93. The Kier molecular flexibility index (Phi) is 9.69. The van der Waals surface area contributed by atoms with E-state index in [0.717, 1.165) is 11.3 Å². The second kappa shape index (κ2) is 12.4. The van der Waals surface area contributed by atoms with Crippen LogP contribution in [0.25, 0.3) is 0 Å². The van der Waals surface area contributed by atoms with Crippen molar-refractivity contribution in [3.05, 3.63) is 82.9 Å². The van der Waals surface area contributed by atoms with Crippen LogP contribution in [0.2, 0.25) is 5.02 Å². The fourth-order valence-electron chi connectivity index (χ4n) is 3.65. The lowest BCUT2D eigenvalue weighted by atomic mass is 10.1. The summed E-state index contributed by atoms with van der Waals surface area (Å²) < 4.78 is 67.8. The van der Waals surface area contributed by atoms with Gasteiger partial charge in [-0.2, -0.15) is 0 Å². The van der Waals surface area contributed by atoms with Gasteiger partial charge in [-0.15, -0.1) is 0 Å². The summed E-state index contributed by atoms with van der Waals surface area (Å²) in [6, 6.07) is 18.6. The van der Waals surface area contributed by atoms with Gasteiger partial charge in [0.05, 0.1) is 25.2 Å². The molecule has 2 N–H and O–H groups in total. The summed E-state index contributed by atoms with van der Waals surface area (Å²) >= 11 is 6.16. The lowest BCUT2D eigenvalue weighted by Gasteiger charge is -2.21. The van der Waals surface area contributed by atoms with Crippen molar-refractivity contribution in [2.24, 2.45) is 0 Å². The minimum atomic E-state index is -3.96. The van der Waals surface area contributed by atoms with Crippen LogP contribution in [0.5, 0.6) is 11.5 Å². The van der Waals surface area contributed by atoms with Crippen LogP contribution in [0.1, 0.15) is 31.9 Å². The molecule has 0 aromatic heterocycles. The number of hydrogen-bond donors (Lipinski definition) is 2. The minimum absolute atomic E-state index is 0.0173. The van der Waals surface area contributed by atoms with E-state index in [4.69, 9.17) is 21.1 Å². The Morgan fingerprint density at radius 1 is 0.895 bits per heavy atom. The number of anilines is 1. The van der Waals surface area contributed by atoms with E-state index in [9.17, 15) is 16.8 Å². The van der Waals surface area contributed by atoms with E-state index in [0.29, 0.717) is 29.4 Å². The quantitative estimate of drug-likeness (QED) is 0.311. The van der Waals surface area contributed by atoms with Crippen LogP contribution in [0.3, 0.4) is 0 Å². The van der Waals surface area contributed by atoms with E-state index in [1.165, 1.54) is 18.2 Å². The van der Waals surface area contributed by atoms with Gasteiger partial charge in [-0.25, -0.2) is 21.6 Å². The zero-order valence-corrected chi connectivity index (χ0v) is 24.2. The molecule has 0 radical (unpaired) electrons. The standard InChI is InChI=1S/C27H33ClN2O6S2/c1-27(2,3)30-38(33,34)26-8-6-5-7-24(26)29-37(31,32)18-16-21-11-12-22(28)19-25(21)36-17-15-20-9-13-23(35-4)14-10-20/h5-14,19,29-30H,15-18H2,1-4H3. The SMILES string of the molecule is COc1ccc(CCOc2cc(Cl)ccc2CCS(=O)(=O)Nc2ccccc2S(=O)(=O)NC(C)(C)C)cc1. The Hall–Kier alpha value is -2.79. The summed E-state index contributed by atoms with van der Waals surface area (Å²) in [6.45, 7) is 5.50. The molecule has 0 spiro atoms. The lowest BCUT2D eigenvalue weighted by Crippen LogP contribution is -2.40. The Labute approximate surface area is 230 Å². The third-order valence-corrected chi connectivity index (χ3v) is 8.68. The molecule has 0 saturated carbocycles. The van der Waals surface area contributed by atoms with E-state index in [1.807, 2.05) is 24.3 Å². The average Bonchev–Trinajstić information content (AvgIpc) is 2.82. The predicted molar refractivity (Wildman–Crippen MR) is 151 cm³/mol. The van der Waals surface area contributed by atoms with Crippen molar-refractivity contribution in [1.29, 1.82) is 0 Å². The maximum atomic E-state index is 13.0. The zero-order chi connectivity index (χ0) is 28.0. The molecule has 0 bridgehead atoms. The predicted octanol–water partition coefficient (Wildman–Crippen LogP) is 5.03. The third-order valence-electron chi connectivity index (χ3n) is 5.36. The lowest BCUT2D eigenvalue weighted by molar-refractivity contribution is 0.319. The van der Waals surface area contributed by atoms with Crippen molar-refractivity contribution in [3.8, 4) is 11.5 Å². The molecule has 0 amide bonds. The van der Waals surface area contributed by atoms with Gasteiger partial charge in [0.1, 0.15) is 16.4 Å². The largest absolute Gasteiger partial charge is 0.497 e. The molecule has 38 heavy (non-hydrogen) atoms. The molecule has 0 saturated heterocycles. The summed E-state index contributed by atoms with van der Waals surface area (Å²) in [5.74, 6) is 0.982. The van der Waals surface area contributed by atoms with Gasteiger partial charge in [0.2, 0.25) is 20.0 Å². The Bertz CT molecular complexity index is 1450. The number of nitrogens with one attached hydrogen (secondary N) is 2. The van der Waals surface area contributed by atoms with Gasteiger partial charge < -0.3 is 9.47 Å². The number of para-hydroxylation sites is 1. The van der Waals surface area contributed by atoms with E-state index in [2.05, 4.69) is 9.44 Å². The molecule has 0 atom stereocenters.